The highest BCUT2D eigenvalue weighted by molar-refractivity contribution is 14.1. The Kier molecular flexibility index (Phi) is 10.1. The summed E-state index contributed by atoms with van der Waals surface area (Å²) in [6.45, 7) is 1.44. The Balaban J connectivity index is 1.59. The van der Waals surface area contributed by atoms with Crippen molar-refractivity contribution in [1.29, 1.82) is 0 Å². The summed E-state index contributed by atoms with van der Waals surface area (Å²) in [6, 6.07) is 26.7. The van der Waals surface area contributed by atoms with E-state index in [1.54, 1.807) is 6.92 Å². The van der Waals surface area contributed by atoms with Crippen LogP contribution in [-0.4, -0.2) is 36.6 Å². The van der Waals surface area contributed by atoms with Gasteiger partial charge in [-0.15, -0.1) is 0 Å². The highest BCUT2D eigenvalue weighted by Crippen LogP contribution is 2.32. The van der Waals surface area contributed by atoms with Gasteiger partial charge in [-0.3, -0.25) is 4.79 Å². The van der Waals surface area contributed by atoms with Crippen LogP contribution < -0.4 is 4.74 Å². The van der Waals surface area contributed by atoms with E-state index in [0.717, 1.165) is 4.90 Å². The van der Waals surface area contributed by atoms with Crippen LogP contribution in [0.1, 0.15) is 6.92 Å². The van der Waals surface area contributed by atoms with Gasteiger partial charge in [0.05, 0.1) is 10.9 Å². The quantitative estimate of drug-likeness (QED) is 0.0944. The maximum atomic E-state index is 11.9. The molecule has 0 N–H and O–H groups in total. The average Bonchev–Trinajstić information content (AvgIpc) is 2.83. The van der Waals surface area contributed by atoms with Crippen LogP contribution in [0.5, 0.6) is 5.75 Å². The summed E-state index contributed by atoms with van der Waals surface area (Å²) in [6.07, 6.45) is 0. The Morgan fingerprint density at radius 2 is 1.39 bits per heavy atom. The van der Waals surface area contributed by atoms with Crippen molar-refractivity contribution in [2.24, 2.45) is 0 Å². The monoisotopic (exact) mass is 641 g/mol. The van der Waals surface area contributed by atoms with Crippen molar-refractivity contribution in [3.8, 4) is 5.75 Å². The van der Waals surface area contributed by atoms with E-state index in [1.807, 2.05) is 42.5 Å². The first-order valence-corrected chi connectivity index (χ1v) is 13.4. The maximum Gasteiger partial charge on any atom is 0.344 e. The Morgan fingerprint density at radius 3 is 2.00 bits per heavy atom. The van der Waals surface area contributed by atoms with Gasteiger partial charge in [-0.2, -0.15) is 0 Å². The molecule has 33 heavy (non-hydrogen) atoms. The summed E-state index contributed by atoms with van der Waals surface area (Å²) >= 11 is 5.42. The SMILES string of the molecule is CC(Br)C(=O)OCCOC(=O)COc1ccc([S+](c2ccccc2)c2ccc(I)cc2)cc1. The van der Waals surface area contributed by atoms with Gasteiger partial charge < -0.3 is 14.2 Å². The predicted octanol–water partition coefficient (Wildman–Crippen LogP) is 5.64. The van der Waals surface area contributed by atoms with Gasteiger partial charge in [0.25, 0.3) is 0 Å². The summed E-state index contributed by atoms with van der Waals surface area (Å²) in [5, 5.41) is 0. The van der Waals surface area contributed by atoms with Gasteiger partial charge in [0.15, 0.2) is 21.3 Å². The molecular formula is C25H23BrIO5S+. The number of ether oxygens (including phenoxy) is 3. The molecule has 0 aromatic heterocycles. The van der Waals surface area contributed by atoms with Crippen molar-refractivity contribution < 1.29 is 23.8 Å². The van der Waals surface area contributed by atoms with E-state index in [-0.39, 0.29) is 30.7 Å². The second-order valence-corrected chi connectivity index (χ2v) is 11.5. The number of hydrogen-bond donors (Lipinski definition) is 0. The molecule has 0 saturated carbocycles. The van der Waals surface area contributed by atoms with Crippen LogP contribution in [-0.2, 0) is 30.0 Å². The van der Waals surface area contributed by atoms with Crippen molar-refractivity contribution in [2.45, 2.75) is 26.4 Å². The largest absolute Gasteiger partial charge is 0.482 e. The first kappa shape index (κ1) is 25.6. The number of carbonyl (C=O) groups excluding carboxylic acids is 2. The number of esters is 2. The topological polar surface area (TPSA) is 61.8 Å². The molecule has 8 heteroatoms. The number of carbonyl (C=O) groups is 2. The fraction of sp³-hybridized carbons (Fsp3) is 0.200. The van der Waals surface area contributed by atoms with Gasteiger partial charge in [-0.25, -0.2) is 4.79 Å². The molecule has 0 spiro atoms. The molecule has 2 atom stereocenters. The minimum Gasteiger partial charge on any atom is -0.482 e. The lowest BCUT2D eigenvalue weighted by molar-refractivity contribution is -0.153. The molecule has 0 heterocycles. The lowest BCUT2D eigenvalue weighted by Crippen LogP contribution is -2.20. The number of benzene rings is 3. The first-order chi connectivity index (χ1) is 15.9. The molecule has 5 nitrogen and oxygen atoms in total. The van der Waals surface area contributed by atoms with E-state index in [1.165, 1.54) is 13.4 Å². The second kappa shape index (κ2) is 13.0. The van der Waals surface area contributed by atoms with Gasteiger partial charge >= 0.3 is 11.9 Å². The number of rotatable bonds is 10. The minimum atomic E-state index is -0.523. The average molecular weight is 642 g/mol. The van der Waals surface area contributed by atoms with Gasteiger partial charge in [0.2, 0.25) is 0 Å². The number of alkyl halides is 1. The standard InChI is InChI=1S/C25H23BrIO5S/c1-18(26)25(29)31-16-15-30-24(28)17-32-20-9-13-23(14-10-20)33(21-5-3-2-4-6-21)22-11-7-19(27)8-12-22/h2-14,18H,15-17H2,1H3/q+1. The van der Waals surface area contributed by atoms with E-state index in [2.05, 4.69) is 74.9 Å². The van der Waals surface area contributed by atoms with Crippen molar-refractivity contribution in [3.63, 3.8) is 0 Å². The van der Waals surface area contributed by atoms with Crippen LogP contribution in [0.15, 0.2) is 93.5 Å². The van der Waals surface area contributed by atoms with Crippen molar-refractivity contribution in [3.05, 3.63) is 82.4 Å². The molecular weight excluding hydrogens is 619 g/mol. The summed E-state index contributed by atoms with van der Waals surface area (Å²) in [5.41, 5.74) is 0. The van der Waals surface area contributed by atoms with Crippen molar-refractivity contribution >= 4 is 61.4 Å². The molecule has 2 unspecified atom stereocenters. The molecule has 0 bridgehead atoms. The third kappa shape index (κ3) is 8.04. The summed E-state index contributed by atoms with van der Waals surface area (Å²) in [5.74, 6) is -0.346. The van der Waals surface area contributed by atoms with Gasteiger partial charge in [-0.05, 0) is 90.2 Å². The zero-order valence-corrected chi connectivity index (χ0v) is 22.5. The molecule has 0 aliphatic rings. The first-order valence-electron chi connectivity index (χ1n) is 10.2. The molecule has 0 radical (unpaired) electrons. The normalized spacial score (nSPS) is 12.5. The van der Waals surface area contributed by atoms with Crippen LogP contribution in [0, 0.1) is 3.57 Å². The van der Waals surface area contributed by atoms with Crippen molar-refractivity contribution in [2.75, 3.05) is 19.8 Å². The van der Waals surface area contributed by atoms with Gasteiger partial charge in [0, 0.05) is 3.57 Å². The molecule has 3 aromatic rings. The molecule has 172 valence electrons. The van der Waals surface area contributed by atoms with E-state index in [4.69, 9.17) is 14.2 Å². The van der Waals surface area contributed by atoms with Crippen LogP contribution >= 0.6 is 38.5 Å². The maximum absolute atomic E-state index is 11.9. The van der Waals surface area contributed by atoms with Gasteiger partial charge in [0.1, 0.15) is 23.8 Å². The Bertz CT molecular complexity index is 1040. The molecule has 0 amide bonds. The molecule has 0 aliphatic heterocycles. The Morgan fingerprint density at radius 1 is 0.848 bits per heavy atom. The molecule has 0 fully saturated rings. The summed E-state index contributed by atoms with van der Waals surface area (Å²) in [4.78, 5) is 26.4. The van der Waals surface area contributed by atoms with Crippen molar-refractivity contribution in [1.82, 2.24) is 0 Å². The molecule has 0 aliphatic carbocycles. The Hall–Kier alpha value is -2.04. The van der Waals surface area contributed by atoms with E-state index >= 15 is 0 Å². The fourth-order valence-corrected chi connectivity index (χ4v) is 5.36. The van der Waals surface area contributed by atoms with E-state index in [9.17, 15) is 9.59 Å². The molecule has 3 rings (SSSR count). The lowest BCUT2D eigenvalue weighted by atomic mass is 10.3. The number of halogens is 2. The van der Waals surface area contributed by atoms with Crippen LogP contribution in [0.25, 0.3) is 0 Å². The predicted molar refractivity (Wildman–Crippen MR) is 140 cm³/mol. The zero-order valence-electron chi connectivity index (χ0n) is 17.9. The minimum absolute atomic E-state index is 0.00947. The molecule has 0 saturated heterocycles. The summed E-state index contributed by atoms with van der Waals surface area (Å²) in [7, 11) is -0.252. The van der Waals surface area contributed by atoms with E-state index in [0.29, 0.717) is 5.75 Å². The third-order valence-electron chi connectivity index (χ3n) is 4.36. The number of hydrogen-bond acceptors (Lipinski definition) is 5. The van der Waals surface area contributed by atoms with Crippen LogP contribution in [0.2, 0.25) is 0 Å². The highest BCUT2D eigenvalue weighted by atomic mass is 127. The Labute approximate surface area is 218 Å². The molecule has 3 aromatic carbocycles. The van der Waals surface area contributed by atoms with Crippen LogP contribution in [0.4, 0.5) is 0 Å². The van der Waals surface area contributed by atoms with E-state index < -0.39 is 16.8 Å². The lowest BCUT2D eigenvalue weighted by Gasteiger charge is -2.10. The highest BCUT2D eigenvalue weighted by Gasteiger charge is 2.28. The summed E-state index contributed by atoms with van der Waals surface area (Å²) < 4.78 is 16.7. The van der Waals surface area contributed by atoms with Crippen LogP contribution in [0.3, 0.4) is 0 Å². The zero-order chi connectivity index (χ0) is 23.6. The second-order valence-electron chi connectivity index (χ2n) is 6.84. The fourth-order valence-electron chi connectivity index (χ4n) is 2.80. The third-order valence-corrected chi connectivity index (χ3v) is 7.68. The smallest absolute Gasteiger partial charge is 0.344 e. The van der Waals surface area contributed by atoms with Gasteiger partial charge in [-0.1, -0.05) is 34.1 Å².